The molecule has 4 rings (SSSR count). The number of carbonyl (C=O) groups is 1. The van der Waals surface area contributed by atoms with Crippen LogP contribution in [-0.4, -0.2) is 31.2 Å². The number of fused-ring (bicyclic) bond motifs is 2. The van der Waals surface area contributed by atoms with E-state index in [2.05, 4.69) is 29.4 Å². The Morgan fingerprint density at radius 1 is 1.28 bits per heavy atom. The average Bonchev–Trinajstić information content (AvgIpc) is 3.23. The average molecular weight is 352 g/mol. The summed E-state index contributed by atoms with van der Waals surface area (Å²) in [5.74, 6) is -0.138. The van der Waals surface area contributed by atoms with Gasteiger partial charge in [-0.25, -0.2) is 0 Å². The van der Waals surface area contributed by atoms with Crippen LogP contribution in [0.25, 0.3) is 10.1 Å². The smallest absolute Gasteiger partial charge is 0.261 e. The minimum absolute atomic E-state index is 0.138. The van der Waals surface area contributed by atoms with Gasteiger partial charge in [0.25, 0.3) is 5.91 Å². The lowest BCUT2D eigenvalue weighted by molar-refractivity contribution is 0.0920. The Hall–Kier alpha value is -2.37. The van der Waals surface area contributed by atoms with E-state index in [1.807, 2.05) is 36.4 Å². The zero-order chi connectivity index (χ0) is 17.4. The number of anilines is 1. The van der Waals surface area contributed by atoms with Crippen molar-refractivity contribution in [3.05, 3.63) is 64.5 Å². The van der Waals surface area contributed by atoms with Gasteiger partial charge in [-0.3, -0.25) is 4.79 Å². The molecule has 1 aliphatic rings. The fourth-order valence-corrected chi connectivity index (χ4v) is 4.26. The zero-order valence-electron chi connectivity index (χ0n) is 14.0. The highest BCUT2D eigenvalue weighted by molar-refractivity contribution is 7.20. The number of nitrogens with one attached hydrogen (secondary N) is 1. The summed E-state index contributed by atoms with van der Waals surface area (Å²) in [7, 11) is 2.08. The molecule has 0 aliphatic carbocycles. The second-order valence-electron chi connectivity index (χ2n) is 6.43. The number of hydrogen-bond acceptors (Lipinski definition) is 4. The molecule has 1 atom stereocenters. The number of rotatable bonds is 4. The van der Waals surface area contributed by atoms with E-state index >= 15 is 0 Å². The van der Waals surface area contributed by atoms with Crippen LogP contribution in [0.5, 0.6) is 0 Å². The Morgan fingerprint density at radius 2 is 2.12 bits per heavy atom. The van der Waals surface area contributed by atoms with E-state index in [0.29, 0.717) is 4.88 Å². The highest BCUT2D eigenvalue weighted by Crippen LogP contribution is 2.29. The summed E-state index contributed by atoms with van der Waals surface area (Å²) in [6.45, 7) is 1.22. The van der Waals surface area contributed by atoms with Gasteiger partial charge in [-0.15, -0.1) is 11.3 Å². The Morgan fingerprint density at radius 3 is 2.96 bits per heavy atom. The molecule has 1 amide bonds. The molecule has 3 aromatic rings. The molecule has 0 unspecified atom stereocenters. The Balaban J connectivity index is 1.43. The van der Waals surface area contributed by atoms with Crippen LogP contribution in [-0.2, 0) is 6.42 Å². The Kier molecular flexibility index (Phi) is 4.19. The van der Waals surface area contributed by atoms with Gasteiger partial charge in [0.1, 0.15) is 0 Å². The maximum atomic E-state index is 12.4. The number of nitrogens with zero attached hydrogens (tertiary/aromatic N) is 1. The molecule has 0 radical (unpaired) electrons. The summed E-state index contributed by atoms with van der Waals surface area (Å²) in [5, 5.41) is 14.3. The van der Waals surface area contributed by atoms with E-state index in [-0.39, 0.29) is 12.5 Å². The van der Waals surface area contributed by atoms with Crippen LogP contribution < -0.4 is 10.2 Å². The molecule has 0 saturated heterocycles. The van der Waals surface area contributed by atoms with Gasteiger partial charge >= 0.3 is 0 Å². The first-order valence-corrected chi connectivity index (χ1v) is 9.22. The molecule has 2 heterocycles. The normalized spacial score (nSPS) is 14.6. The van der Waals surface area contributed by atoms with Gasteiger partial charge in [-0.05, 0) is 41.1 Å². The molecular formula is C20H20N2O2S. The van der Waals surface area contributed by atoms with Crippen LogP contribution in [0.3, 0.4) is 0 Å². The van der Waals surface area contributed by atoms with E-state index in [0.717, 1.165) is 28.6 Å². The third kappa shape index (κ3) is 3.13. The summed E-state index contributed by atoms with van der Waals surface area (Å²) in [6, 6.07) is 15.9. The highest BCUT2D eigenvalue weighted by atomic mass is 32.1. The number of hydrogen-bond donors (Lipinski definition) is 2. The molecule has 128 valence electrons. The molecular weight excluding hydrogens is 332 g/mol. The number of amides is 1. The van der Waals surface area contributed by atoms with Gasteiger partial charge < -0.3 is 15.3 Å². The fourth-order valence-electron chi connectivity index (χ4n) is 3.28. The molecule has 0 spiro atoms. The van der Waals surface area contributed by atoms with Crippen LogP contribution in [0.4, 0.5) is 5.69 Å². The van der Waals surface area contributed by atoms with E-state index < -0.39 is 6.10 Å². The minimum atomic E-state index is -0.700. The number of aliphatic hydroxyl groups excluding tert-OH is 1. The van der Waals surface area contributed by atoms with Crippen LogP contribution in [0.1, 0.15) is 26.9 Å². The van der Waals surface area contributed by atoms with Crippen molar-refractivity contribution in [1.82, 2.24) is 5.32 Å². The van der Waals surface area contributed by atoms with Gasteiger partial charge in [0.2, 0.25) is 0 Å². The monoisotopic (exact) mass is 352 g/mol. The quantitative estimate of drug-likeness (QED) is 0.757. The van der Waals surface area contributed by atoms with Crippen LogP contribution >= 0.6 is 11.3 Å². The van der Waals surface area contributed by atoms with E-state index in [9.17, 15) is 9.90 Å². The maximum absolute atomic E-state index is 12.4. The lowest BCUT2D eigenvalue weighted by Crippen LogP contribution is -2.27. The van der Waals surface area contributed by atoms with Crippen molar-refractivity contribution in [3.8, 4) is 0 Å². The molecule has 2 N–H and O–H groups in total. The van der Waals surface area contributed by atoms with Crippen molar-refractivity contribution in [3.63, 3.8) is 0 Å². The Bertz CT molecular complexity index is 901. The highest BCUT2D eigenvalue weighted by Gasteiger charge is 2.18. The third-order valence-corrected chi connectivity index (χ3v) is 5.84. The SMILES string of the molecule is CN1CCc2cc([C@H](O)CNC(=O)c3cc4ccccc4s3)ccc21. The second kappa shape index (κ2) is 6.50. The molecule has 25 heavy (non-hydrogen) atoms. The molecule has 1 aliphatic heterocycles. The molecule has 1 aromatic heterocycles. The molecule has 4 nitrogen and oxygen atoms in total. The van der Waals surface area contributed by atoms with Crippen LogP contribution in [0.2, 0.25) is 0 Å². The van der Waals surface area contributed by atoms with Gasteiger partial charge in [-0.2, -0.15) is 0 Å². The molecule has 0 bridgehead atoms. The van der Waals surface area contributed by atoms with Crippen molar-refractivity contribution in [2.24, 2.45) is 0 Å². The lowest BCUT2D eigenvalue weighted by Gasteiger charge is -2.15. The second-order valence-corrected chi connectivity index (χ2v) is 7.52. The van der Waals surface area contributed by atoms with Crippen molar-refractivity contribution < 1.29 is 9.90 Å². The molecule has 0 saturated carbocycles. The van der Waals surface area contributed by atoms with Gasteiger partial charge in [0, 0.05) is 30.5 Å². The summed E-state index contributed by atoms with van der Waals surface area (Å²) in [5.41, 5.74) is 3.34. The van der Waals surface area contributed by atoms with Crippen molar-refractivity contribution in [2.75, 3.05) is 25.0 Å². The number of thiophene rings is 1. The first-order valence-electron chi connectivity index (χ1n) is 8.40. The first-order chi connectivity index (χ1) is 12.1. The van der Waals surface area contributed by atoms with Gasteiger partial charge in [-0.1, -0.05) is 30.3 Å². The van der Waals surface area contributed by atoms with Crippen molar-refractivity contribution in [1.29, 1.82) is 0 Å². The largest absolute Gasteiger partial charge is 0.387 e. The standard InChI is InChI=1S/C20H20N2O2S/c1-22-9-8-13-10-14(6-7-16(13)22)17(23)12-21-20(24)19-11-15-4-2-3-5-18(15)25-19/h2-7,10-11,17,23H,8-9,12H2,1H3,(H,21,24)/t17-/m1/s1. The molecule has 0 fully saturated rings. The summed E-state index contributed by atoms with van der Waals surface area (Å²) < 4.78 is 1.09. The fraction of sp³-hybridized carbons (Fsp3) is 0.250. The maximum Gasteiger partial charge on any atom is 0.261 e. The van der Waals surface area contributed by atoms with Crippen LogP contribution in [0, 0.1) is 0 Å². The topological polar surface area (TPSA) is 52.6 Å². The summed E-state index contributed by atoms with van der Waals surface area (Å²) in [6.07, 6.45) is 0.301. The predicted octanol–water partition coefficient (Wildman–Crippen LogP) is 3.36. The number of benzene rings is 2. The van der Waals surface area contributed by atoms with Crippen LogP contribution in [0.15, 0.2) is 48.5 Å². The van der Waals surface area contributed by atoms with Crippen molar-refractivity contribution >= 4 is 33.0 Å². The minimum Gasteiger partial charge on any atom is -0.387 e. The Labute approximate surface area is 150 Å². The molecule has 2 aromatic carbocycles. The third-order valence-electron chi connectivity index (χ3n) is 4.72. The van der Waals surface area contributed by atoms with E-state index in [1.165, 1.54) is 22.6 Å². The summed E-state index contributed by atoms with van der Waals surface area (Å²) in [4.78, 5) is 15.2. The van der Waals surface area contributed by atoms with Crippen molar-refractivity contribution in [2.45, 2.75) is 12.5 Å². The number of carbonyl (C=O) groups excluding carboxylic acids is 1. The zero-order valence-corrected chi connectivity index (χ0v) is 14.8. The first kappa shape index (κ1) is 16.1. The van der Waals surface area contributed by atoms with Gasteiger partial charge in [0.05, 0.1) is 11.0 Å². The predicted molar refractivity (Wildman–Crippen MR) is 103 cm³/mol. The molecule has 5 heteroatoms. The van der Waals surface area contributed by atoms with Gasteiger partial charge in [0.15, 0.2) is 0 Å². The van der Waals surface area contributed by atoms with E-state index in [4.69, 9.17) is 0 Å². The number of aliphatic hydroxyl groups is 1. The number of likely N-dealkylation sites (N-methyl/N-ethyl adjacent to an activating group) is 1. The lowest BCUT2D eigenvalue weighted by atomic mass is 10.0. The summed E-state index contributed by atoms with van der Waals surface area (Å²) >= 11 is 1.47. The van der Waals surface area contributed by atoms with E-state index in [1.54, 1.807) is 0 Å².